The van der Waals surface area contributed by atoms with Gasteiger partial charge in [-0.25, -0.2) is 0 Å². The van der Waals surface area contributed by atoms with Gasteiger partial charge in [-0.3, -0.25) is 4.79 Å². The normalized spacial score (nSPS) is 16.6. The summed E-state index contributed by atoms with van der Waals surface area (Å²) in [6, 6.07) is 4.37. The van der Waals surface area contributed by atoms with Crippen molar-refractivity contribution in [2.45, 2.75) is 45.6 Å². The fourth-order valence-corrected chi connectivity index (χ4v) is 2.79. The first-order valence-electron chi connectivity index (χ1n) is 7.84. The van der Waals surface area contributed by atoms with Crippen LogP contribution in [0.25, 0.3) is 0 Å². The van der Waals surface area contributed by atoms with Crippen LogP contribution in [-0.2, 0) is 0 Å². The summed E-state index contributed by atoms with van der Waals surface area (Å²) in [7, 11) is 0. The van der Waals surface area contributed by atoms with Gasteiger partial charge in [0.2, 0.25) is 0 Å². The van der Waals surface area contributed by atoms with E-state index in [1.165, 1.54) is 0 Å². The summed E-state index contributed by atoms with van der Waals surface area (Å²) in [5, 5.41) is 6.41. The van der Waals surface area contributed by atoms with Crippen molar-refractivity contribution in [3.8, 4) is 0 Å². The minimum atomic E-state index is 0.0669. The Labute approximate surface area is 121 Å². The first kappa shape index (κ1) is 15.1. The minimum absolute atomic E-state index is 0.0669. The molecule has 0 aromatic carbocycles. The van der Waals surface area contributed by atoms with Crippen LogP contribution in [0.3, 0.4) is 0 Å². The molecule has 2 rings (SSSR count). The van der Waals surface area contributed by atoms with Crippen molar-refractivity contribution < 1.29 is 4.79 Å². The molecule has 0 atom stereocenters. The Morgan fingerprint density at radius 2 is 2.20 bits per heavy atom. The largest absolute Gasteiger partial charge is 0.351 e. The summed E-state index contributed by atoms with van der Waals surface area (Å²) in [5.74, 6) is 0.766. The molecule has 2 N–H and O–H groups in total. The Bertz CT molecular complexity index is 419. The van der Waals surface area contributed by atoms with E-state index in [1.54, 1.807) is 0 Å². The van der Waals surface area contributed by atoms with Crippen LogP contribution in [0.5, 0.6) is 0 Å². The number of carbonyl (C=O) groups is 1. The van der Waals surface area contributed by atoms with Crippen LogP contribution in [0.1, 0.15) is 56.1 Å². The van der Waals surface area contributed by atoms with E-state index < -0.39 is 0 Å². The van der Waals surface area contributed by atoms with E-state index in [4.69, 9.17) is 0 Å². The second-order valence-corrected chi connectivity index (χ2v) is 6.07. The molecule has 0 aliphatic carbocycles. The van der Waals surface area contributed by atoms with Crippen LogP contribution < -0.4 is 10.6 Å². The van der Waals surface area contributed by atoms with Gasteiger partial charge in [-0.2, -0.15) is 0 Å². The van der Waals surface area contributed by atoms with E-state index in [0.29, 0.717) is 12.0 Å². The molecule has 0 unspecified atom stereocenters. The lowest BCUT2D eigenvalue weighted by Gasteiger charge is -2.25. The number of hydrogen-bond donors (Lipinski definition) is 2. The van der Waals surface area contributed by atoms with Gasteiger partial charge in [-0.15, -0.1) is 0 Å². The van der Waals surface area contributed by atoms with E-state index in [-0.39, 0.29) is 5.91 Å². The number of rotatable bonds is 6. The number of aromatic nitrogens is 1. The predicted octanol–water partition coefficient (Wildman–Crippen LogP) is 2.58. The molecular formula is C16H27N3O. The van der Waals surface area contributed by atoms with Gasteiger partial charge < -0.3 is 15.2 Å². The summed E-state index contributed by atoms with van der Waals surface area (Å²) in [6.45, 7) is 7.28. The molecule has 1 fully saturated rings. The zero-order chi connectivity index (χ0) is 14.4. The predicted molar refractivity (Wildman–Crippen MR) is 82.0 cm³/mol. The molecule has 4 nitrogen and oxygen atoms in total. The second kappa shape index (κ2) is 7.48. The van der Waals surface area contributed by atoms with E-state index in [1.807, 2.05) is 18.3 Å². The molecule has 1 saturated heterocycles. The third-order valence-electron chi connectivity index (χ3n) is 3.96. The quantitative estimate of drug-likeness (QED) is 0.785. The Morgan fingerprint density at radius 3 is 2.90 bits per heavy atom. The van der Waals surface area contributed by atoms with Gasteiger partial charge in [0.1, 0.15) is 5.69 Å². The molecule has 0 spiro atoms. The van der Waals surface area contributed by atoms with E-state index in [0.717, 1.165) is 51.0 Å². The third-order valence-corrected chi connectivity index (χ3v) is 3.96. The Morgan fingerprint density at radius 1 is 1.45 bits per heavy atom. The minimum Gasteiger partial charge on any atom is -0.351 e. The fraction of sp³-hybridized carbons (Fsp3) is 0.688. The van der Waals surface area contributed by atoms with Crippen molar-refractivity contribution in [2.24, 2.45) is 5.92 Å². The number of hydrogen-bond acceptors (Lipinski definition) is 2. The van der Waals surface area contributed by atoms with Crippen LogP contribution >= 0.6 is 0 Å². The fourth-order valence-electron chi connectivity index (χ4n) is 2.79. The summed E-state index contributed by atoms with van der Waals surface area (Å²) in [5.41, 5.74) is 0.807. The molecule has 1 aliphatic rings. The van der Waals surface area contributed by atoms with E-state index >= 15 is 0 Å². The molecule has 2 heterocycles. The average molecular weight is 277 g/mol. The summed E-state index contributed by atoms with van der Waals surface area (Å²) in [6.07, 6.45) is 6.46. The standard InChI is InChI=1S/C16H27N3O/c1-13(2)5-3-9-18-16(20)15-6-4-12-19(15)14-7-10-17-11-8-14/h4,6,12-14,17H,3,5,7-11H2,1-2H3,(H,18,20). The smallest absolute Gasteiger partial charge is 0.267 e. The lowest BCUT2D eigenvalue weighted by atomic mass is 10.1. The molecule has 0 bridgehead atoms. The van der Waals surface area contributed by atoms with Crippen molar-refractivity contribution in [1.82, 2.24) is 15.2 Å². The Balaban J connectivity index is 1.88. The lowest BCUT2D eigenvalue weighted by molar-refractivity contribution is 0.0939. The monoisotopic (exact) mass is 277 g/mol. The number of nitrogens with zero attached hydrogens (tertiary/aromatic N) is 1. The third kappa shape index (κ3) is 4.10. The molecule has 1 aromatic rings. The molecule has 1 aromatic heterocycles. The molecule has 0 radical (unpaired) electrons. The van der Waals surface area contributed by atoms with Crippen molar-refractivity contribution in [1.29, 1.82) is 0 Å². The molecule has 20 heavy (non-hydrogen) atoms. The summed E-state index contributed by atoms with van der Waals surface area (Å²) in [4.78, 5) is 12.3. The van der Waals surface area contributed by atoms with Gasteiger partial charge in [-0.05, 0) is 56.8 Å². The molecule has 0 saturated carbocycles. The molecule has 1 aliphatic heterocycles. The highest BCUT2D eigenvalue weighted by molar-refractivity contribution is 5.92. The van der Waals surface area contributed by atoms with Gasteiger partial charge in [0.15, 0.2) is 0 Å². The number of amides is 1. The molecule has 112 valence electrons. The zero-order valence-electron chi connectivity index (χ0n) is 12.7. The van der Waals surface area contributed by atoms with Crippen molar-refractivity contribution in [3.63, 3.8) is 0 Å². The van der Waals surface area contributed by atoms with Gasteiger partial charge in [0, 0.05) is 18.8 Å². The first-order chi connectivity index (χ1) is 9.68. The van der Waals surface area contributed by atoms with E-state index in [2.05, 4.69) is 29.0 Å². The van der Waals surface area contributed by atoms with Crippen LogP contribution in [0.15, 0.2) is 18.3 Å². The van der Waals surface area contributed by atoms with Crippen LogP contribution in [0, 0.1) is 5.92 Å². The first-order valence-corrected chi connectivity index (χ1v) is 7.84. The van der Waals surface area contributed by atoms with Gasteiger partial charge in [0.25, 0.3) is 5.91 Å². The highest BCUT2D eigenvalue weighted by Gasteiger charge is 2.19. The van der Waals surface area contributed by atoms with Crippen molar-refractivity contribution >= 4 is 5.91 Å². The van der Waals surface area contributed by atoms with Crippen molar-refractivity contribution in [3.05, 3.63) is 24.0 Å². The topological polar surface area (TPSA) is 46.1 Å². The van der Waals surface area contributed by atoms with Gasteiger partial charge in [0.05, 0.1) is 0 Å². The summed E-state index contributed by atoms with van der Waals surface area (Å²) < 4.78 is 2.15. The lowest BCUT2D eigenvalue weighted by Crippen LogP contribution is -2.32. The molecular weight excluding hydrogens is 250 g/mol. The molecule has 4 heteroatoms. The number of piperidine rings is 1. The average Bonchev–Trinajstić information content (AvgIpc) is 2.93. The maximum absolute atomic E-state index is 12.3. The Hall–Kier alpha value is -1.29. The highest BCUT2D eigenvalue weighted by atomic mass is 16.1. The van der Waals surface area contributed by atoms with Gasteiger partial charge in [-0.1, -0.05) is 13.8 Å². The van der Waals surface area contributed by atoms with Crippen LogP contribution in [0.4, 0.5) is 0 Å². The summed E-state index contributed by atoms with van der Waals surface area (Å²) >= 11 is 0. The second-order valence-electron chi connectivity index (χ2n) is 6.07. The van der Waals surface area contributed by atoms with Crippen molar-refractivity contribution in [2.75, 3.05) is 19.6 Å². The zero-order valence-corrected chi connectivity index (χ0v) is 12.7. The van der Waals surface area contributed by atoms with Crippen LogP contribution in [-0.4, -0.2) is 30.1 Å². The van der Waals surface area contributed by atoms with Crippen LogP contribution in [0.2, 0.25) is 0 Å². The van der Waals surface area contributed by atoms with E-state index in [9.17, 15) is 4.79 Å². The maximum atomic E-state index is 12.3. The van der Waals surface area contributed by atoms with Gasteiger partial charge >= 0.3 is 0 Å². The number of carbonyl (C=O) groups excluding carboxylic acids is 1. The SMILES string of the molecule is CC(C)CCCNC(=O)c1cccn1C1CCNCC1. The highest BCUT2D eigenvalue weighted by Crippen LogP contribution is 2.21. The maximum Gasteiger partial charge on any atom is 0.267 e. The Kier molecular flexibility index (Phi) is 5.65. The molecule has 1 amide bonds. The number of nitrogens with one attached hydrogen (secondary N) is 2.